The molecule has 0 aliphatic carbocycles. The third-order valence-corrected chi connectivity index (χ3v) is 4.20. The summed E-state index contributed by atoms with van der Waals surface area (Å²) in [5.41, 5.74) is 2.59. The Morgan fingerprint density at radius 2 is 1.82 bits per heavy atom. The molecule has 0 aliphatic rings. The number of thioether (sulfide) groups is 1. The van der Waals surface area contributed by atoms with E-state index in [2.05, 4.69) is 50.4 Å². The number of carboxylic acid groups (broad SMARTS) is 1. The number of aryl methyl sites for hydroxylation is 1. The molecule has 0 unspecified atom stereocenters. The minimum atomic E-state index is -0.824. The van der Waals surface area contributed by atoms with Gasteiger partial charge in [0.15, 0.2) is 0 Å². The van der Waals surface area contributed by atoms with Crippen LogP contribution in [0.3, 0.4) is 0 Å². The lowest BCUT2D eigenvalue weighted by Crippen LogP contribution is -2.26. The molecule has 122 valence electrons. The Morgan fingerprint density at radius 1 is 1.18 bits per heavy atom. The molecule has 0 saturated carbocycles. The van der Waals surface area contributed by atoms with Gasteiger partial charge in [0.2, 0.25) is 5.91 Å². The van der Waals surface area contributed by atoms with E-state index >= 15 is 0 Å². The Hall–Kier alpha value is -1.49. The Labute approximate surface area is 136 Å². The van der Waals surface area contributed by atoms with Crippen molar-refractivity contribution < 1.29 is 14.7 Å². The Balaban J connectivity index is 2.25. The van der Waals surface area contributed by atoms with Gasteiger partial charge in [0, 0.05) is 18.7 Å². The van der Waals surface area contributed by atoms with Crippen molar-refractivity contribution in [2.75, 3.05) is 18.1 Å². The molecule has 1 aromatic carbocycles. The number of amides is 1. The van der Waals surface area contributed by atoms with Crippen LogP contribution in [0, 0.1) is 0 Å². The van der Waals surface area contributed by atoms with Gasteiger partial charge in [0.05, 0.1) is 5.75 Å². The smallest absolute Gasteiger partial charge is 0.313 e. The average molecular weight is 323 g/mol. The summed E-state index contributed by atoms with van der Waals surface area (Å²) in [7, 11) is 0. The Morgan fingerprint density at radius 3 is 2.36 bits per heavy atom. The maximum absolute atomic E-state index is 11.7. The van der Waals surface area contributed by atoms with Crippen molar-refractivity contribution in [3.8, 4) is 0 Å². The number of carboxylic acids is 1. The monoisotopic (exact) mass is 323 g/mol. The molecule has 22 heavy (non-hydrogen) atoms. The number of carbonyl (C=O) groups is 2. The highest BCUT2D eigenvalue weighted by Crippen LogP contribution is 2.22. The van der Waals surface area contributed by atoms with Crippen molar-refractivity contribution in [3.05, 3.63) is 35.4 Å². The number of nitrogens with one attached hydrogen (secondary N) is 1. The molecular weight excluding hydrogens is 298 g/mol. The van der Waals surface area contributed by atoms with Crippen molar-refractivity contribution in [1.82, 2.24) is 5.32 Å². The maximum atomic E-state index is 11.7. The Bertz CT molecular complexity index is 492. The maximum Gasteiger partial charge on any atom is 0.313 e. The van der Waals surface area contributed by atoms with E-state index in [1.54, 1.807) is 0 Å². The van der Waals surface area contributed by atoms with Gasteiger partial charge in [0.25, 0.3) is 0 Å². The highest BCUT2D eigenvalue weighted by Gasteiger charge is 2.12. The molecule has 0 radical (unpaired) electrons. The zero-order valence-electron chi connectivity index (χ0n) is 13.5. The first-order valence-corrected chi connectivity index (χ1v) is 8.60. The fraction of sp³-hybridized carbons (Fsp3) is 0.529. The van der Waals surface area contributed by atoms with Gasteiger partial charge < -0.3 is 10.4 Å². The summed E-state index contributed by atoms with van der Waals surface area (Å²) in [6.45, 7) is 7.05. The summed E-state index contributed by atoms with van der Waals surface area (Å²) < 4.78 is 0. The van der Waals surface area contributed by atoms with E-state index in [9.17, 15) is 9.59 Å². The van der Waals surface area contributed by atoms with Gasteiger partial charge in [0.1, 0.15) is 0 Å². The largest absolute Gasteiger partial charge is 0.481 e. The fourth-order valence-electron chi connectivity index (χ4n) is 1.94. The molecular formula is C17H25NO3S. The second-order valence-corrected chi connectivity index (χ2v) is 7.35. The molecule has 0 fully saturated rings. The quantitative estimate of drug-likeness (QED) is 0.722. The highest BCUT2D eigenvalue weighted by atomic mass is 32.2. The van der Waals surface area contributed by atoms with Crippen molar-refractivity contribution in [2.24, 2.45) is 0 Å². The lowest BCUT2D eigenvalue weighted by atomic mass is 9.86. The summed E-state index contributed by atoms with van der Waals surface area (Å²) in [5, 5.41) is 11.3. The number of hydrogen-bond acceptors (Lipinski definition) is 3. The standard InChI is InChI=1S/C17H25NO3S/c1-17(2,3)14-7-4-13(5-8-14)6-9-15(19)18-10-11-22-12-16(20)21/h4-5,7-8H,6,9-12H2,1-3H3,(H,18,19)(H,20,21). The van der Waals surface area contributed by atoms with Crippen molar-refractivity contribution in [2.45, 2.75) is 39.0 Å². The van der Waals surface area contributed by atoms with E-state index in [4.69, 9.17) is 5.11 Å². The number of rotatable bonds is 8. The van der Waals surface area contributed by atoms with Crippen LogP contribution in [0.1, 0.15) is 38.3 Å². The van der Waals surface area contributed by atoms with Gasteiger partial charge in [-0.25, -0.2) is 0 Å². The van der Waals surface area contributed by atoms with Crippen molar-refractivity contribution in [1.29, 1.82) is 0 Å². The molecule has 0 aromatic heterocycles. The topological polar surface area (TPSA) is 66.4 Å². The predicted molar refractivity (Wildman–Crippen MR) is 91.4 cm³/mol. The SMILES string of the molecule is CC(C)(C)c1ccc(CCC(=O)NCCSCC(=O)O)cc1. The third-order valence-electron chi connectivity index (χ3n) is 3.25. The van der Waals surface area contributed by atoms with Crippen LogP contribution in [0.25, 0.3) is 0 Å². The van der Waals surface area contributed by atoms with Gasteiger partial charge >= 0.3 is 5.97 Å². The lowest BCUT2D eigenvalue weighted by Gasteiger charge is -2.19. The molecule has 0 spiro atoms. The first kappa shape index (κ1) is 18.6. The minimum absolute atomic E-state index is 0.0100. The molecule has 1 aromatic rings. The minimum Gasteiger partial charge on any atom is -0.481 e. The van der Waals surface area contributed by atoms with Crippen molar-refractivity contribution in [3.63, 3.8) is 0 Å². The van der Waals surface area contributed by atoms with E-state index in [1.807, 2.05) is 0 Å². The van der Waals surface area contributed by atoms with Crippen molar-refractivity contribution >= 4 is 23.6 Å². The van der Waals surface area contributed by atoms with Gasteiger partial charge in [-0.2, -0.15) is 0 Å². The number of benzene rings is 1. The van der Waals surface area contributed by atoms with E-state index in [-0.39, 0.29) is 17.1 Å². The normalized spacial score (nSPS) is 11.2. The summed E-state index contributed by atoms with van der Waals surface area (Å²) in [5.74, 6) is -0.111. The molecule has 0 heterocycles. The molecule has 0 bridgehead atoms. The Kier molecular flexibility index (Phi) is 7.45. The molecule has 1 amide bonds. The van der Waals surface area contributed by atoms with E-state index < -0.39 is 5.97 Å². The first-order chi connectivity index (χ1) is 10.3. The van der Waals surface area contributed by atoms with Crippen LogP contribution in [-0.4, -0.2) is 35.0 Å². The summed E-state index contributed by atoms with van der Waals surface area (Å²) in [6.07, 6.45) is 1.18. The van der Waals surface area contributed by atoms with Crippen LogP contribution in [0.5, 0.6) is 0 Å². The average Bonchev–Trinajstić information content (AvgIpc) is 2.44. The molecule has 1 rings (SSSR count). The number of hydrogen-bond donors (Lipinski definition) is 2. The molecule has 0 aliphatic heterocycles. The van der Waals surface area contributed by atoms with Gasteiger partial charge in [-0.05, 0) is 23.0 Å². The molecule has 0 saturated heterocycles. The summed E-state index contributed by atoms with van der Waals surface area (Å²) >= 11 is 1.31. The van der Waals surface area contributed by atoms with Crippen LogP contribution in [0.4, 0.5) is 0 Å². The predicted octanol–water partition coefficient (Wildman–Crippen LogP) is 2.85. The van der Waals surface area contributed by atoms with Gasteiger partial charge in [-0.3, -0.25) is 9.59 Å². The van der Waals surface area contributed by atoms with E-state index in [1.165, 1.54) is 17.3 Å². The molecule has 5 heteroatoms. The van der Waals surface area contributed by atoms with Crippen LogP contribution >= 0.6 is 11.8 Å². The molecule has 2 N–H and O–H groups in total. The highest BCUT2D eigenvalue weighted by molar-refractivity contribution is 7.99. The van der Waals surface area contributed by atoms with Crippen LogP contribution in [-0.2, 0) is 21.4 Å². The third kappa shape index (κ3) is 7.50. The van der Waals surface area contributed by atoms with E-state index in [0.717, 1.165) is 12.0 Å². The summed E-state index contributed by atoms with van der Waals surface area (Å²) in [6, 6.07) is 8.40. The summed E-state index contributed by atoms with van der Waals surface area (Å²) in [4.78, 5) is 22.0. The van der Waals surface area contributed by atoms with Crippen LogP contribution in [0.2, 0.25) is 0 Å². The second kappa shape index (κ2) is 8.83. The van der Waals surface area contributed by atoms with E-state index in [0.29, 0.717) is 18.7 Å². The fourth-order valence-corrected chi connectivity index (χ4v) is 2.51. The first-order valence-electron chi connectivity index (χ1n) is 7.44. The molecule has 4 nitrogen and oxygen atoms in total. The number of aliphatic carboxylic acids is 1. The number of carbonyl (C=O) groups excluding carboxylic acids is 1. The zero-order valence-corrected chi connectivity index (χ0v) is 14.3. The van der Waals surface area contributed by atoms with Crippen LogP contribution in [0.15, 0.2) is 24.3 Å². The van der Waals surface area contributed by atoms with Gasteiger partial charge in [-0.15, -0.1) is 11.8 Å². The van der Waals surface area contributed by atoms with Crippen LogP contribution < -0.4 is 5.32 Å². The zero-order chi connectivity index (χ0) is 16.6. The second-order valence-electron chi connectivity index (χ2n) is 6.24. The lowest BCUT2D eigenvalue weighted by molar-refractivity contribution is -0.133. The van der Waals surface area contributed by atoms with Gasteiger partial charge in [-0.1, -0.05) is 45.0 Å². The molecule has 0 atom stereocenters.